The summed E-state index contributed by atoms with van der Waals surface area (Å²) in [6, 6.07) is 8.84. The van der Waals surface area contributed by atoms with Crippen LogP contribution < -0.4 is 5.32 Å². The van der Waals surface area contributed by atoms with Gasteiger partial charge in [-0.3, -0.25) is 9.79 Å². The lowest BCUT2D eigenvalue weighted by molar-refractivity contribution is -0.183. The zero-order chi connectivity index (χ0) is 23.8. The van der Waals surface area contributed by atoms with Crippen molar-refractivity contribution in [2.45, 2.75) is 31.2 Å². The molecule has 0 saturated carbocycles. The van der Waals surface area contributed by atoms with Gasteiger partial charge in [0, 0.05) is 27.7 Å². The molecule has 1 atom stereocenters. The molecule has 1 saturated heterocycles. The molecule has 2 aliphatic rings. The maximum Gasteiger partial charge on any atom is 0.400 e. The number of carbonyl (C=O) groups is 1. The summed E-state index contributed by atoms with van der Waals surface area (Å²) in [6.07, 6.45) is -5.39. The Kier molecular flexibility index (Phi) is 6.73. The first kappa shape index (κ1) is 24.0. The van der Waals surface area contributed by atoms with Gasteiger partial charge in [-0.1, -0.05) is 29.3 Å². The van der Waals surface area contributed by atoms with Gasteiger partial charge in [-0.25, -0.2) is 0 Å². The molecule has 2 aromatic carbocycles. The summed E-state index contributed by atoms with van der Waals surface area (Å²) < 4.78 is 53.4. The Morgan fingerprint density at radius 1 is 1.15 bits per heavy atom. The van der Waals surface area contributed by atoms with Gasteiger partial charge in [-0.15, -0.1) is 0 Å². The first-order valence-corrected chi connectivity index (χ1v) is 11.0. The van der Waals surface area contributed by atoms with E-state index in [1.54, 1.807) is 25.1 Å². The van der Waals surface area contributed by atoms with E-state index in [2.05, 4.69) is 10.3 Å². The minimum atomic E-state index is -4.56. The Balaban J connectivity index is 1.55. The molecular formula is C23H21Cl2F3N2O3. The number of ether oxygens (including phenoxy) is 2. The Hall–Kier alpha value is -2.13. The van der Waals surface area contributed by atoms with Gasteiger partial charge in [0.05, 0.1) is 26.3 Å². The Morgan fingerprint density at radius 2 is 1.82 bits per heavy atom. The van der Waals surface area contributed by atoms with Crippen molar-refractivity contribution >= 4 is 34.8 Å². The summed E-state index contributed by atoms with van der Waals surface area (Å²) in [5.74, 6) is -0.315. The molecule has 1 fully saturated rings. The molecule has 10 heteroatoms. The normalized spacial score (nSPS) is 21.3. The van der Waals surface area contributed by atoms with Crippen LogP contribution in [0.5, 0.6) is 0 Å². The van der Waals surface area contributed by atoms with E-state index in [4.69, 9.17) is 32.7 Å². The zero-order valence-electron chi connectivity index (χ0n) is 17.6. The van der Waals surface area contributed by atoms with Gasteiger partial charge in [0.2, 0.25) is 0 Å². The van der Waals surface area contributed by atoms with E-state index in [9.17, 15) is 18.0 Å². The summed E-state index contributed by atoms with van der Waals surface area (Å²) in [4.78, 5) is 16.8. The fourth-order valence-corrected chi connectivity index (χ4v) is 4.62. The van der Waals surface area contributed by atoms with Crippen LogP contribution in [0.25, 0.3) is 0 Å². The second-order valence-corrected chi connectivity index (χ2v) is 8.96. The lowest BCUT2D eigenvalue weighted by Gasteiger charge is -2.31. The Labute approximate surface area is 198 Å². The van der Waals surface area contributed by atoms with Crippen LogP contribution in [0.1, 0.15) is 33.5 Å². The highest BCUT2D eigenvalue weighted by molar-refractivity contribution is 6.34. The van der Waals surface area contributed by atoms with Crippen molar-refractivity contribution in [2.24, 2.45) is 4.99 Å². The number of nitrogens with one attached hydrogen (secondary N) is 1. The van der Waals surface area contributed by atoms with Crippen molar-refractivity contribution in [3.8, 4) is 0 Å². The minimum absolute atomic E-state index is 0.0182. The predicted octanol–water partition coefficient (Wildman–Crippen LogP) is 5.10. The van der Waals surface area contributed by atoms with Crippen LogP contribution in [0, 0.1) is 6.92 Å². The average Bonchev–Trinajstić information content (AvgIpc) is 3.41. The largest absolute Gasteiger partial charge is 0.400 e. The highest BCUT2D eigenvalue weighted by Crippen LogP contribution is 2.48. The number of hydrogen-bond donors (Lipinski definition) is 1. The third-order valence-corrected chi connectivity index (χ3v) is 6.33. The van der Waals surface area contributed by atoms with Crippen molar-refractivity contribution in [2.75, 3.05) is 26.3 Å². The van der Waals surface area contributed by atoms with Gasteiger partial charge in [-0.05, 0) is 53.9 Å². The number of nitrogens with zero attached hydrogens (tertiary/aromatic N) is 1. The van der Waals surface area contributed by atoms with Crippen LogP contribution in [0.3, 0.4) is 0 Å². The SMILES string of the molecule is Cc1cc(C2=NCC(c3cc(Cl)cc(Cl)c3)(C(F)(F)F)C2)ccc1C(=O)NCC1OCCO1. The molecule has 0 spiro atoms. The van der Waals surface area contributed by atoms with E-state index in [0.29, 0.717) is 35.6 Å². The zero-order valence-corrected chi connectivity index (χ0v) is 19.2. The number of alkyl halides is 3. The van der Waals surface area contributed by atoms with Gasteiger partial charge in [0.1, 0.15) is 5.41 Å². The Bertz CT molecular complexity index is 1080. The van der Waals surface area contributed by atoms with E-state index >= 15 is 0 Å². The second kappa shape index (κ2) is 9.25. The number of carbonyl (C=O) groups excluding carboxylic acids is 1. The third-order valence-electron chi connectivity index (χ3n) is 5.89. The first-order valence-electron chi connectivity index (χ1n) is 10.3. The Morgan fingerprint density at radius 3 is 2.42 bits per heavy atom. The number of hydrogen-bond acceptors (Lipinski definition) is 4. The maximum absolute atomic E-state index is 14.3. The van der Waals surface area contributed by atoms with Crippen molar-refractivity contribution in [1.29, 1.82) is 0 Å². The van der Waals surface area contributed by atoms with Crippen LogP contribution in [0.15, 0.2) is 41.4 Å². The summed E-state index contributed by atoms with van der Waals surface area (Å²) in [7, 11) is 0. The molecule has 4 rings (SSSR count). The number of benzene rings is 2. The summed E-state index contributed by atoms with van der Waals surface area (Å²) >= 11 is 12.0. The van der Waals surface area contributed by atoms with Crippen LogP contribution in [0.4, 0.5) is 13.2 Å². The third kappa shape index (κ3) is 4.89. The number of amides is 1. The number of rotatable bonds is 5. The fraction of sp³-hybridized carbons (Fsp3) is 0.391. The van der Waals surface area contributed by atoms with Gasteiger partial charge < -0.3 is 14.8 Å². The van der Waals surface area contributed by atoms with Crippen LogP contribution >= 0.6 is 23.2 Å². The molecule has 0 aromatic heterocycles. The number of aliphatic imine (C=N–C) groups is 1. The molecule has 2 heterocycles. The van der Waals surface area contributed by atoms with Gasteiger partial charge >= 0.3 is 6.18 Å². The van der Waals surface area contributed by atoms with Gasteiger partial charge in [0.15, 0.2) is 6.29 Å². The van der Waals surface area contributed by atoms with Gasteiger partial charge in [0.25, 0.3) is 5.91 Å². The molecule has 2 aliphatic heterocycles. The highest BCUT2D eigenvalue weighted by atomic mass is 35.5. The monoisotopic (exact) mass is 500 g/mol. The number of halogens is 5. The second-order valence-electron chi connectivity index (χ2n) is 8.09. The van der Waals surface area contributed by atoms with Crippen molar-refractivity contribution < 1.29 is 27.4 Å². The van der Waals surface area contributed by atoms with E-state index < -0.39 is 24.4 Å². The van der Waals surface area contributed by atoms with Crippen molar-refractivity contribution in [3.63, 3.8) is 0 Å². The lowest BCUT2D eigenvalue weighted by atomic mass is 9.76. The van der Waals surface area contributed by atoms with E-state index in [1.165, 1.54) is 18.2 Å². The summed E-state index contributed by atoms with van der Waals surface area (Å²) in [5.41, 5.74) is -0.357. The molecule has 176 valence electrons. The minimum Gasteiger partial charge on any atom is -0.348 e. The first-order chi connectivity index (χ1) is 15.6. The van der Waals surface area contributed by atoms with Gasteiger partial charge in [-0.2, -0.15) is 13.2 Å². The molecule has 1 amide bonds. The van der Waals surface area contributed by atoms with E-state index in [-0.39, 0.29) is 34.5 Å². The lowest BCUT2D eigenvalue weighted by Crippen LogP contribution is -2.43. The van der Waals surface area contributed by atoms with E-state index in [0.717, 1.165) is 0 Å². The summed E-state index contributed by atoms with van der Waals surface area (Å²) in [5, 5.41) is 3.01. The molecule has 5 nitrogen and oxygen atoms in total. The van der Waals surface area contributed by atoms with Crippen molar-refractivity contribution in [3.05, 3.63) is 68.7 Å². The molecule has 0 radical (unpaired) electrons. The quantitative estimate of drug-likeness (QED) is 0.621. The topological polar surface area (TPSA) is 59.9 Å². The van der Waals surface area contributed by atoms with Crippen LogP contribution in [-0.4, -0.2) is 50.4 Å². The molecule has 0 bridgehead atoms. The average molecular weight is 501 g/mol. The van der Waals surface area contributed by atoms with Crippen LogP contribution in [0.2, 0.25) is 10.0 Å². The molecule has 0 aliphatic carbocycles. The molecule has 2 aromatic rings. The van der Waals surface area contributed by atoms with E-state index in [1.807, 2.05) is 0 Å². The maximum atomic E-state index is 14.3. The smallest absolute Gasteiger partial charge is 0.348 e. The standard InChI is InChI=1S/C23H21Cl2F3N2O3/c1-13-6-14(2-3-18(13)21(31)29-11-20-32-4-5-33-20)19-10-22(12-30-19,23(26,27)28)15-7-16(24)9-17(25)8-15/h2-3,6-9,20H,4-5,10-12H2,1H3,(H,29,31). The molecule has 1 N–H and O–H groups in total. The highest BCUT2D eigenvalue weighted by Gasteiger charge is 2.58. The van der Waals surface area contributed by atoms with Crippen LogP contribution in [-0.2, 0) is 14.9 Å². The molecule has 1 unspecified atom stereocenters. The number of aryl methyl sites for hydroxylation is 1. The van der Waals surface area contributed by atoms with Crippen molar-refractivity contribution in [1.82, 2.24) is 5.32 Å². The fourth-order valence-electron chi connectivity index (χ4n) is 4.09. The summed E-state index contributed by atoms with van der Waals surface area (Å²) in [6.45, 7) is 2.44. The molecule has 33 heavy (non-hydrogen) atoms. The predicted molar refractivity (Wildman–Crippen MR) is 119 cm³/mol. The molecular weight excluding hydrogens is 480 g/mol.